The molecular formula is C26H26N2O3S. The molecule has 0 spiro atoms. The van der Waals surface area contributed by atoms with Crippen LogP contribution in [0.3, 0.4) is 0 Å². The first-order valence-electron chi connectivity index (χ1n) is 10.7. The molecular weight excluding hydrogens is 420 g/mol. The van der Waals surface area contributed by atoms with Crippen LogP contribution in [0.25, 0.3) is 11.6 Å². The predicted octanol–water partition coefficient (Wildman–Crippen LogP) is 4.59. The van der Waals surface area contributed by atoms with Crippen LogP contribution in [0.15, 0.2) is 72.1 Å². The van der Waals surface area contributed by atoms with Crippen LogP contribution in [0.5, 0.6) is 5.75 Å². The molecule has 0 bridgehead atoms. The van der Waals surface area contributed by atoms with Gasteiger partial charge in [0.05, 0.1) is 11.5 Å². The lowest BCUT2D eigenvalue weighted by Crippen LogP contribution is -2.44. The third-order valence-electron chi connectivity index (χ3n) is 5.55. The van der Waals surface area contributed by atoms with Crippen LogP contribution >= 0.6 is 11.3 Å². The standard InChI is InChI=1S/C26H26N2O3S/c27-25(29)21-10-5-13-28(17-21)26(30)23(24-12-6-14-32-24)16-20-9-4-11-22(15-20)31-18-19-7-2-1-3-8-19/h1-4,6-9,11-12,14-16,21H,5,10,13,17-18H2,(H2,27,29). The minimum absolute atomic E-state index is 0.0750. The highest BCUT2D eigenvalue weighted by molar-refractivity contribution is 7.11. The fourth-order valence-corrected chi connectivity index (χ4v) is 4.57. The van der Waals surface area contributed by atoms with Gasteiger partial charge in [0.25, 0.3) is 5.91 Å². The van der Waals surface area contributed by atoms with E-state index in [4.69, 9.17) is 10.5 Å². The molecule has 1 aliphatic heterocycles. The molecule has 32 heavy (non-hydrogen) atoms. The van der Waals surface area contributed by atoms with Crippen LogP contribution in [-0.2, 0) is 16.2 Å². The molecule has 2 heterocycles. The lowest BCUT2D eigenvalue weighted by molar-refractivity contribution is -0.130. The number of amides is 2. The molecule has 1 aromatic heterocycles. The Hall–Kier alpha value is -3.38. The second kappa shape index (κ2) is 10.3. The summed E-state index contributed by atoms with van der Waals surface area (Å²) >= 11 is 1.52. The molecule has 0 aliphatic carbocycles. The fraction of sp³-hybridized carbons (Fsp3) is 0.231. The van der Waals surface area contributed by atoms with E-state index in [1.54, 1.807) is 4.90 Å². The number of primary amides is 1. The lowest BCUT2D eigenvalue weighted by atomic mass is 9.96. The van der Waals surface area contributed by atoms with Crippen LogP contribution in [0, 0.1) is 5.92 Å². The van der Waals surface area contributed by atoms with Crippen molar-refractivity contribution < 1.29 is 14.3 Å². The number of benzene rings is 2. The number of nitrogens with two attached hydrogens (primary N) is 1. The molecule has 4 rings (SSSR count). The monoisotopic (exact) mass is 446 g/mol. The van der Waals surface area contributed by atoms with E-state index in [0.717, 1.165) is 34.6 Å². The van der Waals surface area contributed by atoms with Crippen molar-refractivity contribution in [2.24, 2.45) is 11.7 Å². The molecule has 2 amide bonds. The molecule has 1 atom stereocenters. The van der Waals surface area contributed by atoms with Crippen LogP contribution in [0.1, 0.15) is 28.8 Å². The zero-order valence-electron chi connectivity index (χ0n) is 17.8. The van der Waals surface area contributed by atoms with Crippen LogP contribution < -0.4 is 10.5 Å². The molecule has 2 aromatic carbocycles. The number of carbonyl (C=O) groups is 2. The SMILES string of the molecule is NC(=O)C1CCCN(C(=O)C(=Cc2cccc(OCc3ccccc3)c2)c2cccs2)C1. The number of hydrogen-bond donors (Lipinski definition) is 1. The van der Waals surface area contributed by atoms with E-state index in [0.29, 0.717) is 25.3 Å². The minimum Gasteiger partial charge on any atom is -0.489 e. The van der Waals surface area contributed by atoms with Crippen molar-refractivity contribution in [1.29, 1.82) is 0 Å². The molecule has 0 saturated carbocycles. The van der Waals surface area contributed by atoms with E-state index >= 15 is 0 Å². The zero-order valence-corrected chi connectivity index (χ0v) is 18.6. The maximum absolute atomic E-state index is 13.4. The molecule has 164 valence electrons. The van der Waals surface area contributed by atoms with E-state index in [1.165, 1.54) is 11.3 Å². The third kappa shape index (κ3) is 5.45. The second-order valence-corrected chi connectivity index (χ2v) is 8.82. The second-order valence-electron chi connectivity index (χ2n) is 7.87. The van der Waals surface area contributed by atoms with E-state index < -0.39 is 0 Å². The van der Waals surface area contributed by atoms with Gasteiger partial charge in [-0.2, -0.15) is 0 Å². The van der Waals surface area contributed by atoms with Gasteiger partial charge in [-0.15, -0.1) is 11.3 Å². The van der Waals surface area contributed by atoms with Crippen molar-refractivity contribution in [2.45, 2.75) is 19.4 Å². The molecule has 1 unspecified atom stereocenters. The van der Waals surface area contributed by atoms with Crippen molar-refractivity contribution in [3.8, 4) is 5.75 Å². The number of thiophene rings is 1. The Morgan fingerprint density at radius 2 is 1.94 bits per heavy atom. The van der Waals surface area contributed by atoms with Gasteiger partial charge in [0.1, 0.15) is 12.4 Å². The van der Waals surface area contributed by atoms with Gasteiger partial charge in [0.2, 0.25) is 5.91 Å². The molecule has 3 aromatic rings. The Bertz CT molecular complexity index is 1090. The van der Waals surface area contributed by atoms with E-state index in [2.05, 4.69) is 0 Å². The van der Waals surface area contributed by atoms with Gasteiger partial charge in [-0.3, -0.25) is 9.59 Å². The summed E-state index contributed by atoms with van der Waals surface area (Å²) in [4.78, 5) is 27.8. The van der Waals surface area contributed by atoms with Gasteiger partial charge in [-0.25, -0.2) is 0 Å². The summed E-state index contributed by atoms with van der Waals surface area (Å²) in [5, 5.41) is 1.96. The minimum atomic E-state index is -0.340. The van der Waals surface area contributed by atoms with Crippen molar-refractivity contribution in [3.63, 3.8) is 0 Å². The first kappa shape index (κ1) is 21.8. The average Bonchev–Trinajstić information content (AvgIpc) is 3.36. The van der Waals surface area contributed by atoms with Gasteiger partial charge >= 0.3 is 0 Å². The zero-order chi connectivity index (χ0) is 22.3. The van der Waals surface area contributed by atoms with Gasteiger partial charge in [0.15, 0.2) is 0 Å². The number of hydrogen-bond acceptors (Lipinski definition) is 4. The highest BCUT2D eigenvalue weighted by Crippen LogP contribution is 2.28. The summed E-state index contributed by atoms with van der Waals surface area (Å²) in [5.74, 6) is 0.0424. The number of rotatable bonds is 7. The van der Waals surface area contributed by atoms with E-state index in [-0.39, 0.29) is 17.7 Å². The summed E-state index contributed by atoms with van der Waals surface area (Å²) in [5.41, 5.74) is 8.10. The number of nitrogens with zero attached hydrogens (tertiary/aromatic N) is 1. The molecule has 1 saturated heterocycles. The smallest absolute Gasteiger partial charge is 0.255 e. The first-order chi connectivity index (χ1) is 15.6. The molecule has 0 radical (unpaired) electrons. The van der Waals surface area contributed by atoms with Crippen molar-refractivity contribution >= 4 is 34.8 Å². The van der Waals surface area contributed by atoms with E-state index in [9.17, 15) is 9.59 Å². The van der Waals surface area contributed by atoms with Gasteiger partial charge < -0.3 is 15.4 Å². The normalized spacial score (nSPS) is 16.6. The number of piperidine rings is 1. The summed E-state index contributed by atoms with van der Waals surface area (Å²) in [6.45, 7) is 1.48. The summed E-state index contributed by atoms with van der Waals surface area (Å²) in [7, 11) is 0. The Balaban J connectivity index is 1.56. The topological polar surface area (TPSA) is 72.6 Å². The van der Waals surface area contributed by atoms with Crippen LogP contribution in [0.4, 0.5) is 0 Å². The largest absolute Gasteiger partial charge is 0.489 e. The molecule has 2 N–H and O–H groups in total. The third-order valence-corrected chi connectivity index (χ3v) is 6.45. The predicted molar refractivity (Wildman–Crippen MR) is 128 cm³/mol. The molecule has 1 aliphatic rings. The fourth-order valence-electron chi connectivity index (χ4n) is 3.84. The summed E-state index contributed by atoms with van der Waals surface area (Å²) in [6.07, 6.45) is 3.41. The maximum Gasteiger partial charge on any atom is 0.255 e. The number of carbonyl (C=O) groups excluding carboxylic acids is 2. The van der Waals surface area contributed by atoms with Gasteiger partial charge in [0, 0.05) is 18.0 Å². The molecule has 1 fully saturated rings. The summed E-state index contributed by atoms with van der Waals surface area (Å²) < 4.78 is 5.95. The Kier molecular flexibility index (Phi) is 7.02. The average molecular weight is 447 g/mol. The van der Waals surface area contributed by atoms with E-state index in [1.807, 2.05) is 78.2 Å². The van der Waals surface area contributed by atoms with Crippen molar-refractivity contribution in [1.82, 2.24) is 4.90 Å². The molecule has 5 nitrogen and oxygen atoms in total. The maximum atomic E-state index is 13.4. The molecule has 6 heteroatoms. The van der Waals surface area contributed by atoms with Crippen LogP contribution in [-0.4, -0.2) is 29.8 Å². The highest BCUT2D eigenvalue weighted by Gasteiger charge is 2.29. The van der Waals surface area contributed by atoms with Crippen molar-refractivity contribution in [3.05, 3.63) is 88.1 Å². The Morgan fingerprint density at radius 1 is 1.09 bits per heavy atom. The van der Waals surface area contributed by atoms with Crippen LogP contribution in [0.2, 0.25) is 0 Å². The van der Waals surface area contributed by atoms with Gasteiger partial charge in [-0.05, 0) is 53.6 Å². The lowest BCUT2D eigenvalue weighted by Gasteiger charge is -2.31. The Morgan fingerprint density at radius 3 is 2.69 bits per heavy atom. The number of ether oxygens (including phenoxy) is 1. The van der Waals surface area contributed by atoms with Crippen molar-refractivity contribution in [2.75, 3.05) is 13.1 Å². The summed E-state index contributed by atoms with van der Waals surface area (Å²) in [6, 6.07) is 21.6. The van der Waals surface area contributed by atoms with Gasteiger partial charge in [-0.1, -0.05) is 48.5 Å². The highest BCUT2D eigenvalue weighted by atomic mass is 32.1. The quantitative estimate of drug-likeness (QED) is 0.540. The number of likely N-dealkylation sites (tertiary alicyclic amines) is 1. The first-order valence-corrected chi connectivity index (χ1v) is 11.6. The Labute approximate surface area is 192 Å².